The van der Waals surface area contributed by atoms with Crippen LogP contribution in [0.5, 0.6) is 0 Å². The van der Waals surface area contributed by atoms with E-state index >= 15 is 0 Å². The molecular formula is C13H15ClN4S. The van der Waals surface area contributed by atoms with Gasteiger partial charge >= 0.3 is 0 Å². The molecule has 0 aliphatic carbocycles. The van der Waals surface area contributed by atoms with Gasteiger partial charge in [-0.15, -0.1) is 10.2 Å². The number of aromatic nitrogens is 3. The van der Waals surface area contributed by atoms with Crippen LogP contribution in [0.3, 0.4) is 0 Å². The van der Waals surface area contributed by atoms with Crippen molar-refractivity contribution in [1.29, 1.82) is 0 Å². The highest BCUT2D eigenvalue weighted by molar-refractivity contribution is 7.19. The Morgan fingerprint density at radius 3 is 2.58 bits per heavy atom. The van der Waals surface area contributed by atoms with E-state index in [1.54, 1.807) is 0 Å². The summed E-state index contributed by atoms with van der Waals surface area (Å²) in [6, 6.07) is 4.22. The van der Waals surface area contributed by atoms with Gasteiger partial charge in [0, 0.05) is 25.5 Å². The summed E-state index contributed by atoms with van der Waals surface area (Å²) in [5, 5.41) is 8.92. The third-order valence-electron chi connectivity index (χ3n) is 3.55. The van der Waals surface area contributed by atoms with Crippen molar-refractivity contribution in [3.8, 4) is 0 Å². The highest BCUT2D eigenvalue weighted by Gasteiger charge is 2.21. The van der Waals surface area contributed by atoms with Crippen molar-refractivity contribution in [2.24, 2.45) is 5.92 Å². The number of rotatable bonds is 3. The number of hydrogen-bond acceptors (Lipinski definition) is 5. The van der Waals surface area contributed by atoms with E-state index < -0.39 is 0 Å². The van der Waals surface area contributed by atoms with Gasteiger partial charge < -0.3 is 4.90 Å². The molecule has 6 heteroatoms. The summed E-state index contributed by atoms with van der Waals surface area (Å²) in [5.41, 5.74) is 1.38. The SMILES string of the molecule is Clc1nnc(N2CCC(Cc3ccncc3)CC2)s1. The smallest absolute Gasteiger partial charge is 0.209 e. The van der Waals surface area contributed by atoms with Gasteiger partial charge in [0.05, 0.1) is 0 Å². The Morgan fingerprint density at radius 1 is 1.21 bits per heavy atom. The Balaban J connectivity index is 1.55. The van der Waals surface area contributed by atoms with Gasteiger partial charge in [-0.2, -0.15) is 0 Å². The average Bonchev–Trinajstić information content (AvgIpc) is 2.87. The Hall–Kier alpha value is -1.20. The molecule has 0 aromatic carbocycles. The van der Waals surface area contributed by atoms with Gasteiger partial charge in [-0.25, -0.2) is 0 Å². The van der Waals surface area contributed by atoms with E-state index in [4.69, 9.17) is 11.6 Å². The van der Waals surface area contributed by atoms with Gasteiger partial charge in [0.2, 0.25) is 9.60 Å². The fraction of sp³-hybridized carbons (Fsp3) is 0.462. The second-order valence-corrected chi connectivity index (χ2v) is 6.37. The number of halogens is 1. The maximum atomic E-state index is 5.83. The molecule has 3 heterocycles. The van der Waals surface area contributed by atoms with Crippen molar-refractivity contribution in [2.45, 2.75) is 19.3 Å². The molecule has 0 amide bonds. The minimum Gasteiger partial charge on any atom is -0.347 e. The molecule has 0 spiro atoms. The van der Waals surface area contributed by atoms with E-state index in [2.05, 4.69) is 32.2 Å². The van der Waals surface area contributed by atoms with E-state index in [1.165, 1.54) is 29.7 Å². The standard InChI is InChI=1S/C13H15ClN4S/c14-12-16-17-13(19-12)18-7-3-11(4-8-18)9-10-1-5-15-6-2-10/h1-2,5-6,11H,3-4,7-9H2. The quantitative estimate of drug-likeness (QED) is 0.872. The van der Waals surface area contributed by atoms with Crippen molar-refractivity contribution >= 4 is 28.1 Å². The molecule has 0 bridgehead atoms. The molecule has 1 saturated heterocycles. The van der Waals surface area contributed by atoms with Crippen LogP contribution in [0.25, 0.3) is 0 Å². The summed E-state index contributed by atoms with van der Waals surface area (Å²) in [6.07, 6.45) is 7.27. The normalized spacial score (nSPS) is 16.8. The predicted molar refractivity (Wildman–Crippen MR) is 77.8 cm³/mol. The van der Waals surface area contributed by atoms with Gasteiger partial charge in [0.1, 0.15) is 0 Å². The minimum atomic E-state index is 0.522. The lowest BCUT2D eigenvalue weighted by molar-refractivity contribution is 0.403. The van der Waals surface area contributed by atoms with Crippen molar-refractivity contribution in [1.82, 2.24) is 15.2 Å². The molecule has 0 radical (unpaired) electrons. The Kier molecular flexibility index (Phi) is 3.94. The number of anilines is 1. The highest BCUT2D eigenvalue weighted by Crippen LogP contribution is 2.29. The molecule has 2 aromatic heterocycles. The zero-order valence-electron chi connectivity index (χ0n) is 10.5. The third kappa shape index (κ3) is 3.22. The zero-order valence-corrected chi connectivity index (χ0v) is 12.1. The maximum absolute atomic E-state index is 5.83. The maximum Gasteiger partial charge on any atom is 0.209 e. The molecule has 0 saturated carbocycles. The molecule has 1 aliphatic heterocycles. The average molecular weight is 295 g/mol. The fourth-order valence-corrected chi connectivity index (χ4v) is 3.38. The fourth-order valence-electron chi connectivity index (χ4n) is 2.51. The first-order valence-electron chi connectivity index (χ1n) is 6.44. The van der Waals surface area contributed by atoms with Crippen molar-refractivity contribution in [3.05, 3.63) is 34.6 Å². The summed E-state index contributed by atoms with van der Waals surface area (Å²) >= 11 is 7.29. The van der Waals surface area contributed by atoms with Crippen molar-refractivity contribution in [3.63, 3.8) is 0 Å². The first-order valence-corrected chi connectivity index (χ1v) is 7.63. The lowest BCUT2D eigenvalue weighted by Gasteiger charge is -2.31. The van der Waals surface area contributed by atoms with Gasteiger partial charge in [0.15, 0.2) is 0 Å². The van der Waals surface area contributed by atoms with Crippen LogP contribution in [-0.4, -0.2) is 28.3 Å². The van der Waals surface area contributed by atoms with Crippen LogP contribution in [0.15, 0.2) is 24.5 Å². The molecule has 0 atom stereocenters. The van der Waals surface area contributed by atoms with E-state index in [0.29, 0.717) is 4.47 Å². The summed E-state index contributed by atoms with van der Waals surface area (Å²) < 4.78 is 0.522. The number of piperidine rings is 1. The molecule has 1 fully saturated rings. The minimum absolute atomic E-state index is 0.522. The van der Waals surface area contributed by atoms with Crippen LogP contribution >= 0.6 is 22.9 Å². The van der Waals surface area contributed by atoms with E-state index in [1.807, 2.05) is 12.4 Å². The molecule has 100 valence electrons. The van der Waals surface area contributed by atoms with Crippen molar-refractivity contribution in [2.75, 3.05) is 18.0 Å². The molecule has 19 heavy (non-hydrogen) atoms. The topological polar surface area (TPSA) is 41.9 Å². The molecule has 4 nitrogen and oxygen atoms in total. The molecule has 2 aromatic rings. The molecule has 3 rings (SSSR count). The number of hydrogen-bond donors (Lipinski definition) is 0. The van der Waals surface area contributed by atoms with Gasteiger partial charge in [-0.3, -0.25) is 4.98 Å². The Labute approximate surface area is 121 Å². The molecular weight excluding hydrogens is 280 g/mol. The Morgan fingerprint density at radius 2 is 1.95 bits per heavy atom. The molecule has 0 unspecified atom stereocenters. The van der Waals surface area contributed by atoms with Crippen LogP contribution in [0.2, 0.25) is 4.47 Å². The number of nitrogens with zero attached hydrogens (tertiary/aromatic N) is 4. The monoisotopic (exact) mass is 294 g/mol. The van der Waals surface area contributed by atoms with Gasteiger partial charge in [-0.05, 0) is 54.5 Å². The van der Waals surface area contributed by atoms with E-state index in [-0.39, 0.29) is 0 Å². The third-order valence-corrected chi connectivity index (χ3v) is 4.63. The van der Waals surface area contributed by atoms with Gasteiger partial charge in [-0.1, -0.05) is 11.3 Å². The van der Waals surface area contributed by atoms with Gasteiger partial charge in [0.25, 0.3) is 0 Å². The highest BCUT2D eigenvalue weighted by atomic mass is 35.5. The predicted octanol–water partition coefficient (Wildman–Crippen LogP) is 3.05. The molecule has 1 aliphatic rings. The van der Waals surface area contributed by atoms with Crippen LogP contribution in [0, 0.1) is 5.92 Å². The first kappa shape index (κ1) is 12.8. The van der Waals surface area contributed by atoms with Crippen LogP contribution in [-0.2, 0) is 6.42 Å². The molecule has 0 N–H and O–H groups in total. The summed E-state index contributed by atoms with van der Waals surface area (Å²) in [5.74, 6) is 0.752. The zero-order chi connectivity index (χ0) is 13.1. The largest absolute Gasteiger partial charge is 0.347 e. The van der Waals surface area contributed by atoms with E-state index in [0.717, 1.165) is 30.6 Å². The summed E-state index contributed by atoms with van der Waals surface area (Å²) in [6.45, 7) is 2.09. The first-order chi connectivity index (χ1) is 9.31. The summed E-state index contributed by atoms with van der Waals surface area (Å²) in [7, 11) is 0. The lowest BCUT2D eigenvalue weighted by Crippen LogP contribution is -2.34. The van der Waals surface area contributed by atoms with Crippen LogP contribution in [0.1, 0.15) is 18.4 Å². The van der Waals surface area contributed by atoms with Crippen LogP contribution in [0.4, 0.5) is 5.13 Å². The lowest BCUT2D eigenvalue weighted by atomic mass is 9.91. The number of pyridine rings is 1. The van der Waals surface area contributed by atoms with Crippen molar-refractivity contribution < 1.29 is 0 Å². The van der Waals surface area contributed by atoms with Crippen LogP contribution < -0.4 is 4.90 Å². The summed E-state index contributed by atoms with van der Waals surface area (Å²) in [4.78, 5) is 6.34. The second-order valence-electron chi connectivity index (χ2n) is 4.83. The Bertz CT molecular complexity index is 522. The van der Waals surface area contributed by atoms with E-state index in [9.17, 15) is 0 Å². The second kappa shape index (κ2) is 5.84.